The summed E-state index contributed by atoms with van der Waals surface area (Å²) in [6.45, 7) is 4.84. The van der Waals surface area contributed by atoms with Crippen LogP contribution >= 0.6 is 22.9 Å². The largest absolute Gasteiger partial charge is 0.388 e. The van der Waals surface area contributed by atoms with Gasteiger partial charge in [0.2, 0.25) is 0 Å². The van der Waals surface area contributed by atoms with Crippen LogP contribution in [0.3, 0.4) is 0 Å². The van der Waals surface area contributed by atoms with Crippen molar-refractivity contribution in [2.24, 2.45) is 5.92 Å². The normalized spacial score (nSPS) is 13.2. The fourth-order valence-corrected chi connectivity index (χ4v) is 2.83. The highest BCUT2D eigenvalue weighted by atomic mass is 35.5. The number of aliphatic hydroxyl groups excluding tert-OH is 1. The zero-order valence-corrected chi connectivity index (χ0v) is 11.5. The molecular weight excluding hydrogens is 254 g/mol. The average molecular weight is 270 g/mol. The van der Waals surface area contributed by atoms with E-state index in [9.17, 15) is 5.11 Å². The molecule has 2 heterocycles. The zero-order valence-electron chi connectivity index (χ0n) is 9.93. The van der Waals surface area contributed by atoms with Crippen LogP contribution in [0.5, 0.6) is 0 Å². The summed E-state index contributed by atoms with van der Waals surface area (Å²) in [7, 11) is 0. The van der Waals surface area contributed by atoms with Crippen LogP contribution in [0.15, 0.2) is 30.6 Å². The highest BCUT2D eigenvalue weighted by Gasteiger charge is 2.13. The molecule has 92 valence electrons. The van der Waals surface area contributed by atoms with Crippen molar-refractivity contribution in [3.63, 3.8) is 0 Å². The summed E-state index contributed by atoms with van der Waals surface area (Å²) < 4.78 is 2.89. The maximum absolute atomic E-state index is 9.95. The van der Waals surface area contributed by atoms with Crippen molar-refractivity contribution < 1.29 is 5.11 Å². The van der Waals surface area contributed by atoms with Crippen LogP contribution in [-0.4, -0.2) is 9.67 Å². The van der Waals surface area contributed by atoms with Gasteiger partial charge in [0.15, 0.2) is 0 Å². The molecule has 0 fully saturated rings. The van der Waals surface area contributed by atoms with Gasteiger partial charge in [-0.25, -0.2) is 0 Å². The van der Waals surface area contributed by atoms with Crippen molar-refractivity contribution in [1.29, 1.82) is 0 Å². The Morgan fingerprint density at radius 3 is 2.71 bits per heavy atom. The first-order valence-corrected chi connectivity index (χ1v) is 6.83. The van der Waals surface area contributed by atoms with Gasteiger partial charge in [-0.05, 0) is 29.7 Å². The summed E-state index contributed by atoms with van der Waals surface area (Å²) in [6.07, 6.45) is 3.61. The molecule has 2 aromatic heterocycles. The second-order valence-electron chi connectivity index (χ2n) is 4.51. The first-order chi connectivity index (χ1) is 8.06. The number of rotatable bonds is 4. The Morgan fingerprint density at radius 2 is 2.12 bits per heavy atom. The Labute approximate surface area is 110 Å². The average Bonchev–Trinajstić information content (AvgIpc) is 2.87. The van der Waals surface area contributed by atoms with Crippen molar-refractivity contribution in [2.75, 3.05) is 0 Å². The van der Waals surface area contributed by atoms with E-state index in [4.69, 9.17) is 11.6 Å². The fraction of sp³-hybridized carbons (Fsp3) is 0.385. The quantitative estimate of drug-likeness (QED) is 0.894. The highest BCUT2D eigenvalue weighted by molar-refractivity contribution is 7.16. The number of hydrogen-bond acceptors (Lipinski definition) is 2. The van der Waals surface area contributed by atoms with Gasteiger partial charge in [0.1, 0.15) is 0 Å². The van der Waals surface area contributed by atoms with Gasteiger partial charge < -0.3 is 9.67 Å². The monoisotopic (exact) mass is 269 g/mol. The molecule has 1 atom stereocenters. The summed E-state index contributed by atoms with van der Waals surface area (Å²) in [6, 6.07) is 5.92. The van der Waals surface area contributed by atoms with Gasteiger partial charge >= 0.3 is 0 Å². The summed E-state index contributed by atoms with van der Waals surface area (Å²) in [5.74, 6) is 0.238. The van der Waals surface area contributed by atoms with Gasteiger partial charge in [0.25, 0.3) is 0 Å². The standard InChI is InChI=1S/C13H16ClNOS/c1-9(2)13(16)10-5-6-15(7-10)8-11-3-4-12(14)17-11/h3-7,9,13,16H,8H2,1-2H3. The maximum atomic E-state index is 9.95. The molecule has 0 aromatic carbocycles. The number of aromatic nitrogens is 1. The van der Waals surface area contributed by atoms with Gasteiger partial charge in [-0.3, -0.25) is 0 Å². The summed E-state index contributed by atoms with van der Waals surface area (Å²) in [4.78, 5) is 1.22. The Balaban J connectivity index is 2.08. The fourth-order valence-electron chi connectivity index (χ4n) is 1.73. The van der Waals surface area contributed by atoms with E-state index in [1.165, 1.54) is 4.88 Å². The Kier molecular flexibility index (Phi) is 3.92. The minimum atomic E-state index is -0.386. The molecule has 2 aromatic rings. The van der Waals surface area contributed by atoms with Crippen LogP contribution in [0, 0.1) is 5.92 Å². The second kappa shape index (κ2) is 5.25. The first-order valence-electron chi connectivity index (χ1n) is 5.64. The molecule has 4 heteroatoms. The third-order valence-electron chi connectivity index (χ3n) is 2.71. The molecule has 2 rings (SSSR count). The molecule has 0 bridgehead atoms. The van der Waals surface area contributed by atoms with E-state index in [1.807, 2.05) is 44.4 Å². The maximum Gasteiger partial charge on any atom is 0.0931 e. The number of thiophene rings is 1. The van der Waals surface area contributed by atoms with Crippen LogP contribution in [0.2, 0.25) is 4.34 Å². The molecule has 0 saturated carbocycles. The van der Waals surface area contributed by atoms with Crippen LogP contribution in [-0.2, 0) is 6.54 Å². The molecule has 1 N–H and O–H groups in total. The van der Waals surface area contributed by atoms with Crippen LogP contribution in [0.1, 0.15) is 30.4 Å². The first kappa shape index (κ1) is 12.7. The summed E-state index contributed by atoms with van der Waals surface area (Å²) in [5, 5.41) is 9.95. The smallest absolute Gasteiger partial charge is 0.0931 e. The molecule has 0 amide bonds. The van der Waals surface area contributed by atoms with E-state index in [0.717, 1.165) is 16.4 Å². The van der Waals surface area contributed by atoms with Gasteiger partial charge in [0, 0.05) is 17.3 Å². The Bertz CT molecular complexity index is 489. The van der Waals surface area contributed by atoms with E-state index < -0.39 is 0 Å². The lowest BCUT2D eigenvalue weighted by atomic mass is 10.0. The van der Waals surface area contributed by atoms with Crippen LogP contribution < -0.4 is 0 Å². The third kappa shape index (κ3) is 3.12. The molecule has 0 spiro atoms. The molecular formula is C13H16ClNOS. The van der Waals surface area contributed by atoms with Gasteiger partial charge in [-0.1, -0.05) is 25.4 Å². The van der Waals surface area contributed by atoms with Crippen molar-refractivity contribution in [3.8, 4) is 0 Å². The van der Waals surface area contributed by atoms with Crippen molar-refractivity contribution >= 4 is 22.9 Å². The number of nitrogens with zero attached hydrogens (tertiary/aromatic N) is 1. The van der Waals surface area contributed by atoms with Crippen LogP contribution in [0.4, 0.5) is 0 Å². The molecule has 0 saturated heterocycles. The number of hydrogen-bond donors (Lipinski definition) is 1. The van der Waals surface area contributed by atoms with E-state index in [2.05, 4.69) is 4.57 Å². The second-order valence-corrected chi connectivity index (χ2v) is 6.31. The minimum Gasteiger partial charge on any atom is -0.388 e. The van der Waals surface area contributed by atoms with Gasteiger partial charge in [-0.15, -0.1) is 11.3 Å². The molecule has 0 aliphatic heterocycles. The SMILES string of the molecule is CC(C)C(O)c1ccn(Cc2ccc(Cl)s2)c1. The molecule has 0 aliphatic carbocycles. The Morgan fingerprint density at radius 1 is 1.35 bits per heavy atom. The summed E-state index contributed by atoms with van der Waals surface area (Å²) >= 11 is 7.48. The lowest BCUT2D eigenvalue weighted by Gasteiger charge is -2.12. The van der Waals surface area contributed by atoms with Gasteiger partial charge in [0.05, 0.1) is 17.0 Å². The van der Waals surface area contributed by atoms with Crippen molar-refractivity contribution in [3.05, 3.63) is 45.4 Å². The van der Waals surface area contributed by atoms with Gasteiger partial charge in [-0.2, -0.15) is 0 Å². The number of halogens is 1. The molecule has 0 aliphatic rings. The predicted octanol–water partition coefficient (Wildman–Crippen LogP) is 3.94. The lowest BCUT2D eigenvalue weighted by Crippen LogP contribution is -2.04. The molecule has 17 heavy (non-hydrogen) atoms. The molecule has 2 nitrogen and oxygen atoms in total. The third-order valence-corrected chi connectivity index (χ3v) is 3.93. The lowest BCUT2D eigenvalue weighted by molar-refractivity contribution is 0.127. The topological polar surface area (TPSA) is 25.2 Å². The molecule has 1 unspecified atom stereocenters. The van der Waals surface area contributed by atoms with E-state index in [1.54, 1.807) is 11.3 Å². The van der Waals surface area contributed by atoms with E-state index in [0.29, 0.717) is 0 Å². The highest BCUT2D eigenvalue weighted by Crippen LogP contribution is 2.24. The van der Waals surface area contributed by atoms with E-state index in [-0.39, 0.29) is 12.0 Å². The van der Waals surface area contributed by atoms with Crippen LogP contribution in [0.25, 0.3) is 0 Å². The molecule has 0 radical (unpaired) electrons. The van der Waals surface area contributed by atoms with Crippen molar-refractivity contribution in [2.45, 2.75) is 26.5 Å². The Hall–Kier alpha value is -0.770. The predicted molar refractivity (Wildman–Crippen MR) is 72.7 cm³/mol. The van der Waals surface area contributed by atoms with Crippen molar-refractivity contribution in [1.82, 2.24) is 4.57 Å². The minimum absolute atomic E-state index is 0.238. The number of aliphatic hydroxyl groups is 1. The van der Waals surface area contributed by atoms with E-state index >= 15 is 0 Å². The summed E-state index contributed by atoms with van der Waals surface area (Å²) in [5.41, 5.74) is 0.975. The zero-order chi connectivity index (χ0) is 12.4.